The second-order valence-electron chi connectivity index (χ2n) is 6.37. The molecule has 1 aliphatic rings. The first-order valence-electron chi connectivity index (χ1n) is 7.93. The maximum Gasteiger partial charge on any atom is 0.289 e. The van der Waals surface area contributed by atoms with E-state index >= 15 is 0 Å². The Kier molecular flexibility index (Phi) is 3.38. The SMILES string of the molecule is Cc1ccc2oc(C(=O)N3CCCC(O)(c4cn[nH]n4)C3)cc2c1. The van der Waals surface area contributed by atoms with E-state index in [1.165, 1.54) is 6.20 Å². The van der Waals surface area contributed by atoms with Crippen molar-refractivity contribution in [2.24, 2.45) is 0 Å². The number of hydrogen-bond acceptors (Lipinski definition) is 5. The van der Waals surface area contributed by atoms with Crippen LogP contribution in [0.15, 0.2) is 34.9 Å². The van der Waals surface area contributed by atoms with Crippen LogP contribution in [0.2, 0.25) is 0 Å². The number of aryl methyl sites for hydroxylation is 1. The predicted octanol–water partition coefficient (Wildman–Crippen LogP) is 1.98. The lowest BCUT2D eigenvalue weighted by Crippen LogP contribution is -2.48. The van der Waals surface area contributed by atoms with Crippen molar-refractivity contribution >= 4 is 16.9 Å². The molecule has 1 aromatic carbocycles. The molecule has 1 unspecified atom stereocenters. The van der Waals surface area contributed by atoms with Gasteiger partial charge in [-0.3, -0.25) is 4.79 Å². The maximum absolute atomic E-state index is 12.8. The lowest BCUT2D eigenvalue weighted by atomic mass is 9.90. The molecule has 0 saturated carbocycles. The molecule has 1 amide bonds. The van der Waals surface area contributed by atoms with E-state index in [0.29, 0.717) is 36.4 Å². The molecule has 2 N–H and O–H groups in total. The number of carbonyl (C=O) groups is 1. The molecule has 0 spiro atoms. The number of aliphatic hydroxyl groups is 1. The van der Waals surface area contributed by atoms with Gasteiger partial charge in [-0.2, -0.15) is 15.4 Å². The summed E-state index contributed by atoms with van der Waals surface area (Å²) in [6.45, 7) is 2.75. The number of hydrogen-bond donors (Lipinski definition) is 2. The minimum absolute atomic E-state index is 0.175. The summed E-state index contributed by atoms with van der Waals surface area (Å²) in [5.74, 6) is 0.0745. The second kappa shape index (κ2) is 5.45. The van der Waals surface area contributed by atoms with Crippen molar-refractivity contribution in [1.29, 1.82) is 0 Å². The normalized spacial score (nSPS) is 21.3. The van der Waals surface area contributed by atoms with E-state index in [2.05, 4.69) is 15.4 Å². The highest BCUT2D eigenvalue weighted by Crippen LogP contribution is 2.31. The number of carbonyl (C=O) groups excluding carboxylic acids is 1. The summed E-state index contributed by atoms with van der Waals surface area (Å²) >= 11 is 0. The van der Waals surface area contributed by atoms with E-state index in [9.17, 15) is 9.90 Å². The third-order valence-corrected chi connectivity index (χ3v) is 4.53. The van der Waals surface area contributed by atoms with Crippen molar-refractivity contribution < 1.29 is 14.3 Å². The van der Waals surface area contributed by atoms with Crippen LogP contribution in [0.1, 0.15) is 34.7 Å². The van der Waals surface area contributed by atoms with Crippen LogP contribution >= 0.6 is 0 Å². The molecule has 7 nitrogen and oxygen atoms in total. The van der Waals surface area contributed by atoms with Crippen LogP contribution in [0.5, 0.6) is 0 Å². The van der Waals surface area contributed by atoms with E-state index in [1.807, 2.05) is 25.1 Å². The van der Waals surface area contributed by atoms with Crippen molar-refractivity contribution in [2.45, 2.75) is 25.4 Å². The summed E-state index contributed by atoms with van der Waals surface area (Å²) in [7, 11) is 0. The zero-order valence-corrected chi connectivity index (χ0v) is 13.3. The quantitative estimate of drug-likeness (QED) is 0.751. The fourth-order valence-corrected chi connectivity index (χ4v) is 3.27. The number of H-pyrrole nitrogens is 1. The number of amides is 1. The van der Waals surface area contributed by atoms with Gasteiger partial charge in [0.25, 0.3) is 5.91 Å². The number of aromatic nitrogens is 3. The first kappa shape index (κ1) is 14.9. The molecule has 4 rings (SSSR count). The van der Waals surface area contributed by atoms with Gasteiger partial charge in [0.1, 0.15) is 16.9 Å². The maximum atomic E-state index is 12.8. The summed E-state index contributed by atoms with van der Waals surface area (Å²) in [5.41, 5.74) is 1.08. The highest BCUT2D eigenvalue weighted by Gasteiger charge is 2.39. The van der Waals surface area contributed by atoms with Crippen LogP contribution in [0.4, 0.5) is 0 Å². The number of β-amino-alcohol motifs (C(OH)–C–C–N with tert-alkyl or cyclic N) is 1. The van der Waals surface area contributed by atoms with Crippen LogP contribution in [0.3, 0.4) is 0 Å². The van der Waals surface area contributed by atoms with Gasteiger partial charge in [-0.15, -0.1) is 0 Å². The Morgan fingerprint density at radius 2 is 2.29 bits per heavy atom. The topological polar surface area (TPSA) is 95.3 Å². The van der Waals surface area contributed by atoms with E-state index in [4.69, 9.17) is 4.42 Å². The molecular weight excluding hydrogens is 308 g/mol. The van der Waals surface area contributed by atoms with Gasteiger partial charge >= 0.3 is 0 Å². The van der Waals surface area contributed by atoms with E-state index in [-0.39, 0.29) is 12.5 Å². The molecule has 1 fully saturated rings. The molecule has 0 bridgehead atoms. The Labute approximate surface area is 138 Å². The predicted molar refractivity (Wildman–Crippen MR) is 86.4 cm³/mol. The van der Waals surface area contributed by atoms with Crippen LogP contribution in [0, 0.1) is 6.92 Å². The number of fused-ring (bicyclic) bond motifs is 1. The largest absolute Gasteiger partial charge is 0.451 e. The van der Waals surface area contributed by atoms with Crippen molar-refractivity contribution in [3.63, 3.8) is 0 Å². The highest BCUT2D eigenvalue weighted by molar-refractivity contribution is 5.96. The van der Waals surface area contributed by atoms with Crippen LogP contribution in [-0.2, 0) is 5.60 Å². The van der Waals surface area contributed by atoms with Gasteiger partial charge in [-0.1, -0.05) is 11.6 Å². The van der Waals surface area contributed by atoms with Gasteiger partial charge in [-0.25, -0.2) is 0 Å². The summed E-state index contributed by atoms with van der Waals surface area (Å²) in [5, 5.41) is 22.0. The smallest absolute Gasteiger partial charge is 0.289 e. The lowest BCUT2D eigenvalue weighted by molar-refractivity contribution is -0.0327. The minimum Gasteiger partial charge on any atom is -0.451 e. The molecule has 1 atom stereocenters. The summed E-state index contributed by atoms with van der Waals surface area (Å²) in [6, 6.07) is 7.56. The van der Waals surface area contributed by atoms with Crippen molar-refractivity contribution in [1.82, 2.24) is 20.3 Å². The number of benzene rings is 1. The Bertz CT molecular complexity index is 887. The number of rotatable bonds is 2. The fraction of sp³-hybridized carbons (Fsp3) is 0.353. The monoisotopic (exact) mass is 326 g/mol. The Morgan fingerprint density at radius 3 is 3.08 bits per heavy atom. The number of likely N-dealkylation sites (tertiary alicyclic amines) is 1. The van der Waals surface area contributed by atoms with Crippen molar-refractivity contribution in [3.05, 3.63) is 47.5 Å². The molecule has 3 aromatic rings. The number of nitrogens with one attached hydrogen (secondary N) is 1. The van der Waals surface area contributed by atoms with Crippen molar-refractivity contribution in [2.75, 3.05) is 13.1 Å². The standard InChI is InChI=1S/C17H18N4O3/c1-11-3-4-13-12(7-11)8-14(24-13)16(22)21-6-2-5-17(23,10-21)15-9-18-20-19-15/h3-4,7-9,23H,2,5-6,10H2,1H3,(H,18,19,20). The lowest BCUT2D eigenvalue weighted by Gasteiger charge is -2.37. The minimum atomic E-state index is -1.18. The highest BCUT2D eigenvalue weighted by atomic mass is 16.3. The zero-order chi connectivity index (χ0) is 16.7. The third kappa shape index (κ3) is 2.46. The average molecular weight is 326 g/mol. The van der Waals surface area contributed by atoms with Gasteiger partial charge in [0.15, 0.2) is 5.76 Å². The third-order valence-electron chi connectivity index (χ3n) is 4.53. The van der Waals surface area contributed by atoms with Gasteiger partial charge in [0.2, 0.25) is 0 Å². The van der Waals surface area contributed by atoms with Crippen LogP contribution in [0.25, 0.3) is 11.0 Å². The molecule has 1 aliphatic heterocycles. The van der Waals surface area contributed by atoms with Crippen molar-refractivity contribution in [3.8, 4) is 0 Å². The average Bonchev–Trinajstić information content (AvgIpc) is 3.23. The fourth-order valence-electron chi connectivity index (χ4n) is 3.27. The summed E-state index contributed by atoms with van der Waals surface area (Å²) in [6.07, 6.45) is 2.73. The van der Waals surface area contributed by atoms with Gasteiger partial charge in [0, 0.05) is 11.9 Å². The Balaban J connectivity index is 1.61. The number of piperidine rings is 1. The molecule has 1 saturated heterocycles. The van der Waals surface area contributed by atoms with Gasteiger partial charge in [0.05, 0.1) is 12.7 Å². The van der Waals surface area contributed by atoms with E-state index in [0.717, 1.165) is 10.9 Å². The molecule has 3 heterocycles. The molecule has 7 heteroatoms. The number of furan rings is 1. The molecule has 2 aromatic heterocycles. The first-order valence-corrected chi connectivity index (χ1v) is 7.93. The van der Waals surface area contributed by atoms with Gasteiger partial charge < -0.3 is 14.4 Å². The van der Waals surface area contributed by atoms with Crippen LogP contribution in [-0.4, -0.2) is 44.4 Å². The van der Waals surface area contributed by atoms with Gasteiger partial charge in [-0.05, 0) is 38.0 Å². The molecule has 0 radical (unpaired) electrons. The molecule has 0 aliphatic carbocycles. The second-order valence-corrected chi connectivity index (χ2v) is 6.37. The zero-order valence-electron chi connectivity index (χ0n) is 13.3. The Morgan fingerprint density at radius 1 is 1.42 bits per heavy atom. The Hall–Kier alpha value is -2.67. The molecule has 24 heavy (non-hydrogen) atoms. The molecular formula is C17H18N4O3. The first-order chi connectivity index (χ1) is 11.5. The number of nitrogens with zero attached hydrogens (tertiary/aromatic N) is 3. The summed E-state index contributed by atoms with van der Waals surface area (Å²) in [4.78, 5) is 14.4. The summed E-state index contributed by atoms with van der Waals surface area (Å²) < 4.78 is 5.69. The van der Waals surface area contributed by atoms with E-state index < -0.39 is 5.60 Å². The molecule has 124 valence electrons. The van der Waals surface area contributed by atoms with E-state index in [1.54, 1.807) is 11.0 Å². The number of aromatic amines is 1. The van der Waals surface area contributed by atoms with Crippen LogP contribution < -0.4 is 0 Å².